The molecule has 2 atom stereocenters. The normalized spacial score (nSPS) is 14.1. The molecule has 8 heteroatoms. The van der Waals surface area contributed by atoms with Gasteiger partial charge in [-0.25, -0.2) is 9.86 Å². The fraction of sp³-hybridized carbons (Fsp3) is 0.600. The highest BCUT2D eigenvalue weighted by atomic mass is 28.4. The van der Waals surface area contributed by atoms with Crippen molar-refractivity contribution in [1.82, 2.24) is 10.4 Å². The van der Waals surface area contributed by atoms with Crippen LogP contribution >= 0.6 is 0 Å². The molecule has 158 valence electrons. The Labute approximate surface area is 169 Å². The van der Waals surface area contributed by atoms with Gasteiger partial charge in [-0.05, 0) is 30.6 Å². The summed E-state index contributed by atoms with van der Waals surface area (Å²) in [6.07, 6.45) is -1.23. The van der Waals surface area contributed by atoms with Gasteiger partial charge in [-0.15, -0.1) is 0 Å². The van der Waals surface area contributed by atoms with Crippen LogP contribution in [0.2, 0.25) is 18.1 Å². The lowest BCUT2D eigenvalue weighted by molar-refractivity contribution is -0.173. The number of hydrogen-bond acceptors (Lipinski definition) is 5. The van der Waals surface area contributed by atoms with E-state index in [1.54, 1.807) is 6.92 Å². The van der Waals surface area contributed by atoms with Crippen molar-refractivity contribution in [2.24, 2.45) is 0 Å². The van der Waals surface area contributed by atoms with Gasteiger partial charge >= 0.3 is 6.09 Å². The van der Waals surface area contributed by atoms with E-state index in [9.17, 15) is 9.59 Å². The van der Waals surface area contributed by atoms with Gasteiger partial charge < -0.3 is 14.5 Å². The molecule has 1 aromatic carbocycles. The van der Waals surface area contributed by atoms with Gasteiger partial charge in [-0.3, -0.25) is 9.63 Å². The molecule has 1 rings (SSSR count). The number of hydroxylamine groups is 2. The highest BCUT2D eigenvalue weighted by molar-refractivity contribution is 6.74. The maximum absolute atomic E-state index is 12.7. The minimum absolute atomic E-state index is 0.0319. The Balaban J connectivity index is 2.87. The van der Waals surface area contributed by atoms with Crippen LogP contribution < -0.4 is 5.32 Å². The standard InChI is InChI=1S/C20H34N2O5Si/c1-15(27-28(7,8)20(2,3)4)17(18(23)22(5)25-6)21-19(24)26-14-16-12-10-9-11-13-16/h9-13,15,17H,14H2,1-8H3,(H,21,24)/t15-,17+/m1/s1. The molecule has 28 heavy (non-hydrogen) atoms. The van der Waals surface area contributed by atoms with E-state index in [0.29, 0.717) is 0 Å². The summed E-state index contributed by atoms with van der Waals surface area (Å²) in [6, 6.07) is 8.41. The zero-order valence-electron chi connectivity index (χ0n) is 18.2. The van der Waals surface area contributed by atoms with Gasteiger partial charge in [0.15, 0.2) is 8.32 Å². The van der Waals surface area contributed by atoms with Crippen LogP contribution in [0.15, 0.2) is 30.3 Å². The Morgan fingerprint density at radius 1 is 1.18 bits per heavy atom. The molecule has 0 aliphatic rings. The molecule has 0 unspecified atom stereocenters. The van der Waals surface area contributed by atoms with Crippen LogP contribution in [0.5, 0.6) is 0 Å². The largest absolute Gasteiger partial charge is 0.445 e. The summed E-state index contributed by atoms with van der Waals surface area (Å²) in [5.74, 6) is -0.412. The summed E-state index contributed by atoms with van der Waals surface area (Å²) >= 11 is 0. The summed E-state index contributed by atoms with van der Waals surface area (Å²) in [5.41, 5.74) is 0.861. The van der Waals surface area contributed by atoms with Gasteiger partial charge in [0.05, 0.1) is 13.2 Å². The Morgan fingerprint density at radius 3 is 2.25 bits per heavy atom. The number of ether oxygens (including phenoxy) is 1. The van der Waals surface area contributed by atoms with E-state index in [1.807, 2.05) is 30.3 Å². The predicted octanol–water partition coefficient (Wildman–Crippen LogP) is 3.71. The van der Waals surface area contributed by atoms with E-state index in [0.717, 1.165) is 10.6 Å². The SMILES string of the molecule is CON(C)C(=O)[C@@H](NC(=O)OCc1ccccc1)[C@@H](C)O[Si](C)(C)C(C)(C)C. The van der Waals surface area contributed by atoms with Crippen molar-refractivity contribution >= 4 is 20.3 Å². The van der Waals surface area contributed by atoms with E-state index in [2.05, 4.69) is 39.2 Å². The number of hydrogen-bond donors (Lipinski definition) is 1. The molecule has 0 aliphatic heterocycles. The third kappa shape index (κ3) is 6.92. The summed E-state index contributed by atoms with van der Waals surface area (Å²) in [4.78, 5) is 30.0. The van der Waals surface area contributed by atoms with Crippen molar-refractivity contribution in [3.63, 3.8) is 0 Å². The van der Waals surface area contributed by atoms with Crippen LogP contribution in [0.1, 0.15) is 33.3 Å². The first-order valence-corrected chi connectivity index (χ1v) is 12.3. The van der Waals surface area contributed by atoms with Crippen LogP contribution in [-0.2, 0) is 25.4 Å². The number of amides is 2. The average Bonchev–Trinajstić information content (AvgIpc) is 2.62. The van der Waals surface area contributed by atoms with Gasteiger partial charge in [0, 0.05) is 7.05 Å². The van der Waals surface area contributed by atoms with E-state index in [4.69, 9.17) is 14.0 Å². The minimum atomic E-state index is -2.15. The second-order valence-electron chi connectivity index (χ2n) is 8.29. The molecule has 0 fully saturated rings. The molecule has 0 radical (unpaired) electrons. The summed E-state index contributed by atoms with van der Waals surface area (Å²) in [5, 5.41) is 3.69. The first-order valence-electron chi connectivity index (χ1n) is 9.35. The number of rotatable bonds is 8. The molecule has 0 bridgehead atoms. The third-order valence-electron chi connectivity index (χ3n) is 5.09. The minimum Gasteiger partial charge on any atom is -0.445 e. The van der Waals surface area contributed by atoms with Gasteiger partial charge in [-0.1, -0.05) is 51.1 Å². The zero-order valence-corrected chi connectivity index (χ0v) is 19.2. The summed E-state index contributed by atoms with van der Waals surface area (Å²) in [7, 11) is 0.735. The fourth-order valence-corrected chi connectivity index (χ4v) is 3.69. The third-order valence-corrected chi connectivity index (χ3v) is 9.67. The Kier molecular flexibility index (Phi) is 8.65. The maximum Gasteiger partial charge on any atom is 0.408 e. The number of benzene rings is 1. The number of alkyl carbamates (subject to hydrolysis) is 1. The summed E-state index contributed by atoms with van der Waals surface area (Å²) in [6.45, 7) is 12.4. The van der Waals surface area contributed by atoms with Gasteiger partial charge in [0.2, 0.25) is 0 Å². The fourth-order valence-electron chi connectivity index (χ4n) is 2.27. The second-order valence-corrected chi connectivity index (χ2v) is 13.0. The summed E-state index contributed by atoms with van der Waals surface area (Å²) < 4.78 is 11.6. The molecule has 0 saturated carbocycles. The highest BCUT2D eigenvalue weighted by Gasteiger charge is 2.41. The van der Waals surface area contributed by atoms with Gasteiger partial charge in [-0.2, -0.15) is 0 Å². The first-order chi connectivity index (χ1) is 12.9. The number of carbonyl (C=O) groups excluding carboxylic acids is 2. The molecule has 0 aromatic heterocycles. The van der Waals surface area contributed by atoms with Crippen LogP contribution in [0.4, 0.5) is 4.79 Å². The van der Waals surface area contributed by atoms with Crippen molar-refractivity contribution in [2.45, 2.75) is 64.6 Å². The van der Waals surface area contributed by atoms with Crippen molar-refractivity contribution in [3.05, 3.63) is 35.9 Å². The Bertz CT molecular complexity index is 646. The van der Waals surface area contributed by atoms with Crippen molar-refractivity contribution in [2.75, 3.05) is 14.2 Å². The molecule has 0 aliphatic carbocycles. The maximum atomic E-state index is 12.7. The van der Waals surface area contributed by atoms with Gasteiger partial charge in [0.1, 0.15) is 12.6 Å². The Hall–Kier alpha value is -1.90. The van der Waals surface area contributed by atoms with Crippen LogP contribution in [0, 0.1) is 0 Å². The quantitative estimate of drug-likeness (QED) is 0.522. The van der Waals surface area contributed by atoms with Crippen LogP contribution in [-0.4, -0.2) is 51.7 Å². The molecule has 0 heterocycles. The molecule has 2 amide bonds. The number of nitrogens with zero attached hydrogens (tertiary/aromatic N) is 1. The number of nitrogens with one attached hydrogen (secondary N) is 1. The highest BCUT2D eigenvalue weighted by Crippen LogP contribution is 2.37. The van der Waals surface area contributed by atoms with Crippen LogP contribution in [0.25, 0.3) is 0 Å². The molecule has 0 spiro atoms. The van der Waals surface area contributed by atoms with E-state index >= 15 is 0 Å². The van der Waals surface area contributed by atoms with Gasteiger partial charge in [0.25, 0.3) is 5.91 Å². The van der Waals surface area contributed by atoms with E-state index in [-0.39, 0.29) is 11.6 Å². The average molecular weight is 411 g/mol. The molecule has 7 nitrogen and oxygen atoms in total. The lowest BCUT2D eigenvalue weighted by Gasteiger charge is -2.40. The molecular formula is C20H34N2O5Si. The lowest BCUT2D eigenvalue weighted by Crippen LogP contribution is -2.56. The zero-order chi connectivity index (χ0) is 21.5. The number of likely N-dealkylation sites (N-methyl/N-ethyl adjacent to an activating group) is 1. The predicted molar refractivity (Wildman–Crippen MR) is 111 cm³/mol. The lowest BCUT2D eigenvalue weighted by atomic mass is 10.1. The van der Waals surface area contributed by atoms with Crippen molar-refractivity contribution < 1.29 is 23.6 Å². The van der Waals surface area contributed by atoms with Crippen LogP contribution in [0.3, 0.4) is 0 Å². The second kappa shape index (κ2) is 10.0. The molecule has 1 N–H and O–H groups in total. The van der Waals surface area contributed by atoms with Crippen molar-refractivity contribution in [3.8, 4) is 0 Å². The molecule has 1 aromatic rings. The van der Waals surface area contributed by atoms with E-state index in [1.165, 1.54) is 14.2 Å². The first kappa shape index (κ1) is 24.1. The molecular weight excluding hydrogens is 376 g/mol. The topological polar surface area (TPSA) is 77.1 Å². The number of carbonyl (C=O) groups is 2. The smallest absolute Gasteiger partial charge is 0.408 e. The monoisotopic (exact) mass is 410 g/mol. The molecule has 0 saturated heterocycles. The van der Waals surface area contributed by atoms with E-state index < -0.39 is 32.5 Å². The van der Waals surface area contributed by atoms with Crippen molar-refractivity contribution in [1.29, 1.82) is 0 Å². The Morgan fingerprint density at radius 2 is 1.75 bits per heavy atom.